The molecule has 9 heteroatoms. The van der Waals surface area contributed by atoms with Gasteiger partial charge in [-0.05, 0) is 18.2 Å². The fourth-order valence-electron chi connectivity index (χ4n) is 1.75. The topological polar surface area (TPSA) is 98.3 Å². The molecule has 0 aliphatic carbocycles. The minimum absolute atomic E-state index is 0.0972. The maximum Gasteiger partial charge on any atom is 0.262 e. The summed E-state index contributed by atoms with van der Waals surface area (Å²) >= 11 is 3.29. The largest absolute Gasteiger partial charge is 0.368 e. The molecule has 0 unspecified atom stereocenters. The van der Waals surface area contributed by atoms with E-state index in [0.717, 1.165) is 8.78 Å². The average molecular weight is 361 g/mol. The van der Waals surface area contributed by atoms with Crippen LogP contribution >= 0.6 is 15.9 Å². The molecule has 0 bridgehead atoms. The zero-order valence-electron chi connectivity index (χ0n) is 10.9. The van der Waals surface area contributed by atoms with E-state index in [4.69, 9.17) is 5.73 Å². The van der Waals surface area contributed by atoms with Crippen molar-refractivity contribution in [3.8, 4) is 0 Å². The van der Waals surface area contributed by atoms with Crippen molar-refractivity contribution in [3.05, 3.63) is 22.7 Å². The van der Waals surface area contributed by atoms with Crippen LogP contribution in [0.4, 0.5) is 0 Å². The Balaban J connectivity index is 2.78. The molecule has 0 aliphatic heterocycles. The minimum atomic E-state index is -3.71. The molecule has 1 aromatic heterocycles. The molecule has 1 heterocycles. The van der Waals surface area contributed by atoms with Crippen LogP contribution in [0, 0.1) is 0 Å². The lowest BCUT2D eigenvalue weighted by Crippen LogP contribution is -2.24. The van der Waals surface area contributed by atoms with E-state index in [2.05, 4.69) is 21.0 Å². The van der Waals surface area contributed by atoms with Crippen LogP contribution < -0.4 is 5.73 Å². The van der Waals surface area contributed by atoms with Crippen LogP contribution in [-0.4, -0.2) is 42.5 Å². The Labute approximate surface area is 124 Å². The molecule has 0 aliphatic rings. The number of hydrogen-bond acceptors (Lipinski definition) is 4. The van der Waals surface area contributed by atoms with Crippen molar-refractivity contribution in [2.45, 2.75) is 11.6 Å². The molecular weight excluding hydrogens is 348 g/mol. The summed E-state index contributed by atoms with van der Waals surface area (Å²) in [4.78, 5) is 11.1. The van der Waals surface area contributed by atoms with Gasteiger partial charge in [-0.15, -0.1) is 0 Å². The van der Waals surface area contributed by atoms with Gasteiger partial charge in [-0.25, -0.2) is 12.7 Å². The predicted octanol–water partition coefficient (Wildman–Crippen LogP) is 0.534. The molecule has 0 saturated carbocycles. The Kier molecular flexibility index (Phi) is 3.85. The number of aromatic nitrogens is 2. The molecular formula is C11H13BrN4O3S. The van der Waals surface area contributed by atoms with E-state index >= 15 is 0 Å². The summed E-state index contributed by atoms with van der Waals surface area (Å²) in [5.41, 5.74) is 5.69. The highest BCUT2D eigenvalue weighted by atomic mass is 79.9. The highest BCUT2D eigenvalue weighted by Gasteiger charge is 2.25. The molecule has 1 amide bonds. The monoisotopic (exact) mass is 360 g/mol. The summed E-state index contributed by atoms with van der Waals surface area (Å²) in [7, 11) is -0.861. The lowest BCUT2D eigenvalue weighted by molar-refractivity contribution is -0.118. The van der Waals surface area contributed by atoms with Crippen LogP contribution in [0.3, 0.4) is 0 Å². The number of nitrogens with two attached hydrogens (primary N) is 1. The lowest BCUT2D eigenvalue weighted by Gasteiger charge is -2.08. The highest BCUT2D eigenvalue weighted by molar-refractivity contribution is 9.10. The van der Waals surface area contributed by atoms with Gasteiger partial charge >= 0.3 is 0 Å². The number of rotatable bonds is 4. The van der Waals surface area contributed by atoms with Crippen LogP contribution in [0.1, 0.15) is 0 Å². The van der Waals surface area contributed by atoms with Crippen molar-refractivity contribution in [1.82, 2.24) is 14.1 Å². The first-order chi connectivity index (χ1) is 9.23. The fourth-order valence-corrected chi connectivity index (χ4v) is 3.10. The number of primary amides is 1. The summed E-state index contributed by atoms with van der Waals surface area (Å²) in [6, 6.07) is 5.08. The zero-order valence-corrected chi connectivity index (χ0v) is 13.3. The maximum absolute atomic E-state index is 12.3. The molecule has 7 nitrogen and oxygen atoms in total. The smallest absolute Gasteiger partial charge is 0.262 e. The van der Waals surface area contributed by atoms with Gasteiger partial charge in [0, 0.05) is 24.0 Å². The Bertz CT molecular complexity index is 782. The van der Waals surface area contributed by atoms with Gasteiger partial charge in [0.05, 0.1) is 5.52 Å². The molecule has 0 fully saturated rings. The SMILES string of the molecule is CN(C)S(=O)(=O)c1nn(CC(N)=O)c2ccc(Br)cc12. The predicted molar refractivity (Wildman–Crippen MR) is 77.5 cm³/mol. The van der Waals surface area contributed by atoms with E-state index in [-0.39, 0.29) is 11.6 Å². The molecule has 2 N–H and O–H groups in total. The minimum Gasteiger partial charge on any atom is -0.368 e. The van der Waals surface area contributed by atoms with Crippen molar-refractivity contribution in [2.24, 2.45) is 5.73 Å². The van der Waals surface area contributed by atoms with E-state index in [1.54, 1.807) is 18.2 Å². The molecule has 1 aromatic carbocycles. The molecule has 0 spiro atoms. The first kappa shape index (κ1) is 14.9. The molecule has 0 radical (unpaired) electrons. The highest BCUT2D eigenvalue weighted by Crippen LogP contribution is 2.27. The van der Waals surface area contributed by atoms with Crippen LogP contribution in [0.5, 0.6) is 0 Å². The van der Waals surface area contributed by atoms with Crippen molar-refractivity contribution in [3.63, 3.8) is 0 Å². The summed E-state index contributed by atoms with van der Waals surface area (Å²) in [6.07, 6.45) is 0. The van der Waals surface area contributed by atoms with Gasteiger partial charge in [0.15, 0.2) is 5.03 Å². The first-order valence-corrected chi connectivity index (χ1v) is 7.83. The Hall–Kier alpha value is -1.45. The van der Waals surface area contributed by atoms with Crippen molar-refractivity contribution >= 4 is 42.8 Å². The number of halogens is 1. The lowest BCUT2D eigenvalue weighted by atomic mass is 10.2. The van der Waals surface area contributed by atoms with Crippen molar-refractivity contribution < 1.29 is 13.2 Å². The third-order valence-corrected chi connectivity index (χ3v) is 4.95. The zero-order chi connectivity index (χ0) is 15.1. The van der Waals surface area contributed by atoms with Crippen LogP contribution in [0.15, 0.2) is 27.7 Å². The quantitative estimate of drug-likeness (QED) is 0.859. The summed E-state index contributed by atoms with van der Waals surface area (Å²) < 4.78 is 27.6. The second-order valence-electron chi connectivity index (χ2n) is 4.38. The molecule has 0 saturated heterocycles. The second kappa shape index (κ2) is 5.15. The van der Waals surface area contributed by atoms with E-state index in [0.29, 0.717) is 10.9 Å². The summed E-state index contributed by atoms with van der Waals surface area (Å²) in [5.74, 6) is -0.592. The second-order valence-corrected chi connectivity index (χ2v) is 7.36. The first-order valence-electron chi connectivity index (χ1n) is 5.60. The van der Waals surface area contributed by atoms with E-state index in [9.17, 15) is 13.2 Å². The number of amides is 1. The van der Waals surface area contributed by atoms with E-state index in [1.807, 2.05) is 0 Å². The van der Waals surface area contributed by atoms with Crippen LogP contribution in [-0.2, 0) is 21.4 Å². The van der Waals surface area contributed by atoms with E-state index in [1.165, 1.54) is 18.8 Å². The molecule has 0 atom stereocenters. The number of carbonyl (C=O) groups excluding carboxylic acids is 1. The number of carbonyl (C=O) groups is 1. The molecule has 108 valence electrons. The number of hydrogen-bond donors (Lipinski definition) is 1. The van der Waals surface area contributed by atoms with Gasteiger partial charge < -0.3 is 5.73 Å². The number of benzene rings is 1. The van der Waals surface area contributed by atoms with Crippen LogP contribution in [0.2, 0.25) is 0 Å². The normalized spacial score (nSPS) is 12.2. The molecule has 2 rings (SSSR count). The number of nitrogens with zero attached hydrogens (tertiary/aromatic N) is 3. The van der Waals surface area contributed by atoms with Gasteiger partial charge in [0.2, 0.25) is 5.91 Å². The molecule has 20 heavy (non-hydrogen) atoms. The number of sulfonamides is 1. The van der Waals surface area contributed by atoms with Gasteiger partial charge in [-0.2, -0.15) is 5.10 Å². The van der Waals surface area contributed by atoms with Crippen LogP contribution in [0.25, 0.3) is 10.9 Å². The Morgan fingerprint density at radius 3 is 2.65 bits per heavy atom. The van der Waals surface area contributed by atoms with Gasteiger partial charge in [0.25, 0.3) is 10.0 Å². The Morgan fingerprint density at radius 2 is 2.10 bits per heavy atom. The molecule has 2 aromatic rings. The third kappa shape index (κ3) is 2.56. The van der Waals surface area contributed by atoms with Gasteiger partial charge in [-0.1, -0.05) is 15.9 Å². The van der Waals surface area contributed by atoms with Gasteiger partial charge in [0.1, 0.15) is 6.54 Å². The van der Waals surface area contributed by atoms with E-state index < -0.39 is 15.9 Å². The van der Waals surface area contributed by atoms with Gasteiger partial charge in [-0.3, -0.25) is 9.48 Å². The summed E-state index contributed by atoms with van der Waals surface area (Å²) in [5, 5.41) is 4.37. The maximum atomic E-state index is 12.3. The van der Waals surface area contributed by atoms with Crippen molar-refractivity contribution in [1.29, 1.82) is 0 Å². The average Bonchev–Trinajstić information content (AvgIpc) is 2.67. The van der Waals surface area contributed by atoms with Crippen molar-refractivity contribution in [2.75, 3.05) is 14.1 Å². The standard InChI is InChI=1S/C11H13BrN4O3S/c1-15(2)20(18,19)11-8-5-7(12)3-4-9(8)16(14-11)6-10(13)17/h3-5H,6H2,1-2H3,(H2,13,17). The number of fused-ring (bicyclic) bond motifs is 1. The Morgan fingerprint density at radius 1 is 1.45 bits per heavy atom. The summed E-state index contributed by atoms with van der Waals surface area (Å²) in [6.45, 7) is -0.179. The fraction of sp³-hybridized carbons (Fsp3) is 0.273. The third-order valence-electron chi connectivity index (χ3n) is 2.71.